The van der Waals surface area contributed by atoms with Gasteiger partial charge >= 0.3 is 0 Å². The number of hydrogen-bond donors (Lipinski definition) is 1. The van der Waals surface area contributed by atoms with Gasteiger partial charge in [0.25, 0.3) is 5.62 Å². The molecule has 0 radical (unpaired) electrons. The number of piperazine rings is 1. The quantitative estimate of drug-likeness (QED) is 0.219. The molecular weight excluding hydrogens is 677 g/mol. The number of aromatic nitrogens is 4. The Morgan fingerprint density at radius 2 is 1.65 bits per heavy atom. The van der Waals surface area contributed by atoms with Crippen molar-refractivity contribution in [2.24, 2.45) is 16.8 Å². The minimum absolute atomic E-state index is 0.0386. The minimum atomic E-state index is -0.165. The average Bonchev–Trinajstić information content (AvgIpc) is 3.69. The van der Waals surface area contributed by atoms with Gasteiger partial charge in [0, 0.05) is 91.4 Å². The molecule has 11 heteroatoms. The van der Waals surface area contributed by atoms with E-state index in [9.17, 15) is 14.7 Å². The highest BCUT2D eigenvalue weighted by atomic mass is 16.3. The number of hydrogen-bond acceptors (Lipinski definition) is 10. The molecule has 4 aliphatic heterocycles. The Hall–Kier alpha value is -4.90. The minimum Gasteiger partial charge on any atom is -0.512 e. The second kappa shape index (κ2) is 15.8. The summed E-state index contributed by atoms with van der Waals surface area (Å²) in [6.45, 7) is 20.1. The molecule has 0 spiro atoms. The molecule has 11 nitrogen and oxygen atoms in total. The normalized spacial score (nSPS) is 18.6. The standard InChI is InChI=1S/C43H54N8O3/c1-27(2)41(54)40-35(30(5)52)12-9-13-37(40)50-18-16-32(17-19-50)26-48-20-22-49(23-21-48)34-14-15-38(44-24-34)46-43-45-25-36-28(3)39(31(6)53)29(4)51(42(36)47-43)33-10-7-8-11-33/h9,12-15,24-25,27,32-33,53H,4,7-8,10-11,16-23,26H2,1-3,5-6H3/b39-31+,46-43?. The summed E-state index contributed by atoms with van der Waals surface area (Å²) in [5.41, 5.74) is 5.30. The van der Waals surface area contributed by atoms with Gasteiger partial charge < -0.3 is 19.5 Å². The van der Waals surface area contributed by atoms with Crippen LogP contribution in [0.1, 0.15) is 98.5 Å². The number of ketones is 2. The first kappa shape index (κ1) is 37.4. The van der Waals surface area contributed by atoms with Crippen LogP contribution in [0.25, 0.3) is 23.7 Å². The fourth-order valence-corrected chi connectivity index (χ4v) is 8.79. The maximum atomic E-state index is 13.2. The summed E-state index contributed by atoms with van der Waals surface area (Å²) in [7, 11) is 0. The van der Waals surface area contributed by atoms with Crippen LogP contribution in [-0.4, -0.2) is 86.9 Å². The molecule has 0 unspecified atom stereocenters. The van der Waals surface area contributed by atoms with Crippen LogP contribution in [0.2, 0.25) is 0 Å². The number of aliphatic hydroxyl groups excluding tert-OH is 1. The molecule has 5 aliphatic rings. The van der Waals surface area contributed by atoms with E-state index in [2.05, 4.69) is 41.9 Å². The molecule has 5 heterocycles. The summed E-state index contributed by atoms with van der Waals surface area (Å²) in [6, 6.07) is 10.0. The van der Waals surface area contributed by atoms with Crippen molar-refractivity contribution in [2.75, 3.05) is 55.6 Å². The van der Waals surface area contributed by atoms with Gasteiger partial charge in [-0.3, -0.25) is 14.5 Å². The van der Waals surface area contributed by atoms with Crippen molar-refractivity contribution < 1.29 is 14.7 Å². The molecule has 1 saturated carbocycles. The van der Waals surface area contributed by atoms with Crippen molar-refractivity contribution in [3.63, 3.8) is 0 Å². The Morgan fingerprint density at radius 1 is 0.926 bits per heavy atom. The third-order valence-corrected chi connectivity index (χ3v) is 11.7. The lowest BCUT2D eigenvalue weighted by molar-refractivity contribution is 0.0927. The third kappa shape index (κ3) is 7.56. The van der Waals surface area contributed by atoms with E-state index in [0.717, 1.165) is 110 Å². The molecule has 3 fully saturated rings. The number of Topliss-reactive ketones (excluding diaryl/α,β-unsaturated/α-hetero) is 2. The zero-order valence-electron chi connectivity index (χ0n) is 32.5. The Labute approximate surface area is 318 Å². The van der Waals surface area contributed by atoms with E-state index in [0.29, 0.717) is 28.5 Å². The van der Waals surface area contributed by atoms with Crippen molar-refractivity contribution >= 4 is 41.1 Å². The van der Waals surface area contributed by atoms with Gasteiger partial charge in [0.2, 0.25) is 0 Å². The van der Waals surface area contributed by atoms with Crippen LogP contribution < -0.4 is 26.0 Å². The number of piperidine rings is 1. The topological polar surface area (TPSA) is 120 Å². The maximum absolute atomic E-state index is 13.2. The second-order valence-corrected chi connectivity index (χ2v) is 15.7. The molecule has 54 heavy (non-hydrogen) atoms. The van der Waals surface area contributed by atoms with E-state index in [1.54, 1.807) is 19.9 Å². The summed E-state index contributed by atoms with van der Waals surface area (Å²) >= 11 is 0. The van der Waals surface area contributed by atoms with Crippen LogP contribution in [0.3, 0.4) is 0 Å². The highest BCUT2D eigenvalue weighted by molar-refractivity contribution is 6.12. The Kier molecular flexibility index (Phi) is 11.0. The molecule has 0 atom stereocenters. The first-order valence-electron chi connectivity index (χ1n) is 19.7. The number of anilines is 2. The molecular formula is C43H54N8O3. The van der Waals surface area contributed by atoms with E-state index in [4.69, 9.17) is 9.98 Å². The average molecular weight is 731 g/mol. The van der Waals surface area contributed by atoms with Crippen LogP contribution in [0.4, 0.5) is 17.2 Å². The first-order valence-corrected chi connectivity index (χ1v) is 19.7. The van der Waals surface area contributed by atoms with Gasteiger partial charge in [-0.1, -0.05) is 45.4 Å². The van der Waals surface area contributed by atoms with Gasteiger partial charge in [0.15, 0.2) is 17.4 Å². The smallest absolute Gasteiger partial charge is 0.253 e. The summed E-state index contributed by atoms with van der Waals surface area (Å²) in [5, 5.41) is 12.1. The van der Waals surface area contributed by atoms with Crippen LogP contribution in [0.15, 0.2) is 47.7 Å². The molecule has 2 saturated heterocycles. The summed E-state index contributed by atoms with van der Waals surface area (Å²) in [6.07, 6.45) is 10.3. The van der Waals surface area contributed by atoms with Crippen molar-refractivity contribution in [2.45, 2.75) is 79.2 Å². The van der Waals surface area contributed by atoms with Gasteiger partial charge in [0.05, 0.1) is 23.2 Å². The van der Waals surface area contributed by atoms with Gasteiger partial charge in [-0.05, 0) is 76.1 Å². The number of carbonyl (C=O) groups is 2. The third-order valence-electron chi connectivity index (χ3n) is 11.7. The van der Waals surface area contributed by atoms with Crippen molar-refractivity contribution in [1.82, 2.24) is 24.4 Å². The molecule has 7 rings (SSSR count). The largest absolute Gasteiger partial charge is 0.512 e. The van der Waals surface area contributed by atoms with Gasteiger partial charge in [0.1, 0.15) is 5.82 Å². The fraction of sp³-hybridized carbons (Fsp3) is 0.488. The van der Waals surface area contributed by atoms with Crippen LogP contribution >= 0.6 is 0 Å². The Balaban J connectivity index is 0.977. The number of fused-ring (bicyclic) bond motifs is 1. The van der Waals surface area contributed by atoms with Crippen molar-refractivity contribution in [1.29, 1.82) is 0 Å². The molecule has 2 aromatic rings. The molecule has 0 bridgehead atoms. The molecule has 1 aromatic heterocycles. The van der Waals surface area contributed by atoms with E-state index in [1.165, 1.54) is 12.8 Å². The molecule has 0 amide bonds. The second-order valence-electron chi connectivity index (χ2n) is 15.7. The van der Waals surface area contributed by atoms with E-state index in [1.807, 2.05) is 51.4 Å². The van der Waals surface area contributed by atoms with Crippen molar-refractivity contribution in [3.05, 3.63) is 75.6 Å². The van der Waals surface area contributed by atoms with E-state index >= 15 is 0 Å². The molecule has 284 valence electrons. The first-order chi connectivity index (χ1) is 26.0. The Bertz CT molecular complexity index is 2170. The molecule has 1 aliphatic carbocycles. The van der Waals surface area contributed by atoms with Crippen LogP contribution in [0.5, 0.6) is 0 Å². The number of nitrogens with zero attached hydrogens (tertiary/aromatic N) is 8. The SMILES string of the molecule is C=c1/c(=C(\C)O)c(C)c2cnc(=Nc3ccc(N4CCN(CC5CCN(c6cccc(C(C)=O)c6C(=O)C(C)C)CC5)CC4)cn3)nc-2n1C1CCCC1. The lowest BCUT2D eigenvalue weighted by atomic mass is 9.90. The number of rotatable bonds is 9. The zero-order valence-corrected chi connectivity index (χ0v) is 32.5. The van der Waals surface area contributed by atoms with Gasteiger partial charge in [-0.2, -0.15) is 9.98 Å². The highest BCUT2D eigenvalue weighted by Gasteiger charge is 2.29. The predicted octanol–water partition coefficient (Wildman–Crippen LogP) is 5.61. The lowest BCUT2D eigenvalue weighted by Crippen LogP contribution is -2.49. The monoisotopic (exact) mass is 730 g/mol. The summed E-state index contributed by atoms with van der Waals surface area (Å²) in [5.74, 6) is 2.03. The fourth-order valence-electron chi connectivity index (χ4n) is 8.79. The van der Waals surface area contributed by atoms with Gasteiger partial charge in [-0.15, -0.1) is 0 Å². The molecule has 1 N–H and O–H groups in total. The Morgan fingerprint density at radius 3 is 2.28 bits per heavy atom. The number of aliphatic hydroxyl groups is 1. The van der Waals surface area contributed by atoms with E-state index < -0.39 is 0 Å². The summed E-state index contributed by atoms with van der Waals surface area (Å²) in [4.78, 5) is 51.8. The zero-order chi connectivity index (χ0) is 38.1. The highest BCUT2D eigenvalue weighted by Crippen LogP contribution is 2.33. The summed E-state index contributed by atoms with van der Waals surface area (Å²) < 4.78 is 2.19. The number of carbonyl (C=O) groups excluding carboxylic acids is 2. The lowest BCUT2D eigenvalue weighted by Gasteiger charge is -2.40. The van der Waals surface area contributed by atoms with E-state index in [-0.39, 0.29) is 29.3 Å². The number of benzene rings is 1. The maximum Gasteiger partial charge on any atom is 0.253 e. The van der Waals surface area contributed by atoms with Crippen LogP contribution in [-0.2, 0) is 0 Å². The predicted molar refractivity (Wildman–Crippen MR) is 214 cm³/mol. The van der Waals surface area contributed by atoms with Crippen molar-refractivity contribution in [3.8, 4) is 11.4 Å². The van der Waals surface area contributed by atoms with Crippen LogP contribution in [0, 0.1) is 18.8 Å². The molecule has 1 aromatic carbocycles. The van der Waals surface area contributed by atoms with Gasteiger partial charge in [-0.25, -0.2) is 9.97 Å². The number of pyridine rings is 2.